The van der Waals surface area contributed by atoms with Crippen molar-refractivity contribution in [3.05, 3.63) is 71.3 Å². The average molecular weight is 324 g/mol. The van der Waals surface area contributed by atoms with Crippen molar-refractivity contribution in [2.24, 2.45) is 0 Å². The molecule has 0 aliphatic rings. The third kappa shape index (κ3) is 4.95. The van der Waals surface area contributed by atoms with Crippen LogP contribution in [0.1, 0.15) is 34.8 Å². The van der Waals surface area contributed by atoms with E-state index in [0.29, 0.717) is 18.7 Å². The fraction of sp³-hybridized carbons (Fsp3) is 0.300. The van der Waals surface area contributed by atoms with Crippen molar-refractivity contribution < 1.29 is 9.59 Å². The van der Waals surface area contributed by atoms with E-state index in [9.17, 15) is 9.59 Å². The minimum Gasteiger partial charge on any atom is -0.343 e. The van der Waals surface area contributed by atoms with Crippen LogP contribution >= 0.6 is 0 Å². The smallest absolute Gasteiger partial charge is 0.251 e. The highest BCUT2D eigenvalue weighted by atomic mass is 16.2. The molecule has 1 N–H and O–H groups in total. The van der Waals surface area contributed by atoms with Crippen LogP contribution in [-0.4, -0.2) is 29.8 Å². The van der Waals surface area contributed by atoms with E-state index in [1.54, 1.807) is 11.0 Å². The van der Waals surface area contributed by atoms with E-state index in [0.717, 1.165) is 17.5 Å². The van der Waals surface area contributed by atoms with Gasteiger partial charge in [0.05, 0.1) is 6.54 Å². The second-order valence-electron chi connectivity index (χ2n) is 5.80. The summed E-state index contributed by atoms with van der Waals surface area (Å²) in [6, 6.07) is 17.2. The standard InChI is InChI=1S/C20H24N2O2/c1-3-13-22(15-17-10-5-4-6-11-17)19(23)14-21-20(24)18-12-8-7-9-16(18)2/h4-12H,3,13-15H2,1-2H3,(H,21,24). The Morgan fingerprint density at radius 1 is 1.00 bits per heavy atom. The van der Waals surface area contributed by atoms with Crippen molar-refractivity contribution in [1.82, 2.24) is 10.2 Å². The van der Waals surface area contributed by atoms with E-state index in [4.69, 9.17) is 0 Å². The summed E-state index contributed by atoms with van der Waals surface area (Å²) in [5.74, 6) is -0.278. The zero-order valence-corrected chi connectivity index (χ0v) is 14.3. The molecule has 0 saturated carbocycles. The lowest BCUT2D eigenvalue weighted by atomic mass is 10.1. The molecule has 126 valence electrons. The van der Waals surface area contributed by atoms with Gasteiger partial charge in [-0.05, 0) is 30.5 Å². The Hall–Kier alpha value is -2.62. The summed E-state index contributed by atoms with van der Waals surface area (Å²) in [6.07, 6.45) is 0.879. The number of aryl methyl sites for hydroxylation is 1. The number of carbonyl (C=O) groups excluding carboxylic acids is 2. The van der Waals surface area contributed by atoms with Gasteiger partial charge < -0.3 is 10.2 Å². The minimum absolute atomic E-state index is 0.0139. The fourth-order valence-corrected chi connectivity index (χ4v) is 2.56. The van der Waals surface area contributed by atoms with E-state index in [2.05, 4.69) is 5.32 Å². The summed E-state index contributed by atoms with van der Waals surface area (Å²) in [7, 11) is 0. The quantitative estimate of drug-likeness (QED) is 0.850. The highest BCUT2D eigenvalue weighted by Gasteiger charge is 2.15. The van der Waals surface area contributed by atoms with Crippen LogP contribution in [-0.2, 0) is 11.3 Å². The predicted molar refractivity (Wildman–Crippen MR) is 95.7 cm³/mol. The molecule has 0 aromatic heterocycles. The van der Waals surface area contributed by atoms with Gasteiger partial charge >= 0.3 is 0 Å². The van der Waals surface area contributed by atoms with Crippen LogP contribution in [0.4, 0.5) is 0 Å². The fourth-order valence-electron chi connectivity index (χ4n) is 2.56. The molecule has 24 heavy (non-hydrogen) atoms. The summed E-state index contributed by atoms with van der Waals surface area (Å²) in [6.45, 7) is 5.18. The number of hydrogen-bond donors (Lipinski definition) is 1. The first kappa shape index (κ1) is 17.7. The van der Waals surface area contributed by atoms with Crippen LogP contribution < -0.4 is 5.32 Å². The van der Waals surface area contributed by atoms with Gasteiger partial charge in [-0.3, -0.25) is 9.59 Å². The molecule has 0 bridgehead atoms. The Morgan fingerprint density at radius 3 is 2.33 bits per heavy atom. The summed E-state index contributed by atoms with van der Waals surface area (Å²) >= 11 is 0. The third-order valence-electron chi connectivity index (χ3n) is 3.85. The number of carbonyl (C=O) groups is 2. The van der Waals surface area contributed by atoms with Crippen molar-refractivity contribution in [1.29, 1.82) is 0 Å². The largest absolute Gasteiger partial charge is 0.343 e. The van der Waals surface area contributed by atoms with E-state index >= 15 is 0 Å². The van der Waals surface area contributed by atoms with E-state index in [1.807, 2.05) is 62.4 Å². The van der Waals surface area contributed by atoms with E-state index < -0.39 is 0 Å². The molecular formula is C20H24N2O2. The molecule has 0 unspecified atom stereocenters. The number of benzene rings is 2. The zero-order chi connectivity index (χ0) is 17.4. The molecule has 0 aliphatic heterocycles. The minimum atomic E-state index is -0.211. The Balaban J connectivity index is 1.95. The molecule has 0 aliphatic carbocycles. The summed E-state index contributed by atoms with van der Waals surface area (Å²) in [4.78, 5) is 26.5. The maximum atomic E-state index is 12.5. The second-order valence-corrected chi connectivity index (χ2v) is 5.80. The SMILES string of the molecule is CCCN(Cc1ccccc1)C(=O)CNC(=O)c1ccccc1C. The van der Waals surface area contributed by atoms with E-state index in [-0.39, 0.29) is 18.4 Å². The molecule has 2 amide bonds. The maximum Gasteiger partial charge on any atom is 0.251 e. The Labute approximate surface area is 143 Å². The third-order valence-corrected chi connectivity index (χ3v) is 3.85. The van der Waals surface area contributed by atoms with Crippen molar-refractivity contribution in [2.75, 3.05) is 13.1 Å². The highest BCUT2D eigenvalue weighted by molar-refractivity contribution is 5.97. The van der Waals surface area contributed by atoms with Crippen LogP contribution in [0.2, 0.25) is 0 Å². The van der Waals surface area contributed by atoms with Crippen LogP contribution in [0.15, 0.2) is 54.6 Å². The molecular weight excluding hydrogens is 300 g/mol. The van der Waals surface area contributed by atoms with Gasteiger partial charge in [0.25, 0.3) is 5.91 Å². The van der Waals surface area contributed by atoms with Crippen molar-refractivity contribution >= 4 is 11.8 Å². The number of amides is 2. The first-order valence-corrected chi connectivity index (χ1v) is 8.27. The molecule has 2 aromatic carbocycles. The van der Waals surface area contributed by atoms with Gasteiger partial charge in [0.15, 0.2) is 0 Å². The number of nitrogens with one attached hydrogen (secondary N) is 1. The lowest BCUT2D eigenvalue weighted by molar-refractivity contribution is -0.130. The van der Waals surface area contributed by atoms with Crippen LogP contribution in [0.25, 0.3) is 0 Å². The number of rotatable bonds is 7. The van der Waals surface area contributed by atoms with Gasteiger partial charge in [0.2, 0.25) is 5.91 Å². The summed E-state index contributed by atoms with van der Waals surface area (Å²) in [5.41, 5.74) is 2.59. The molecule has 4 heteroatoms. The molecule has 0 fully saturated rings. The monoisotopic (exact) mass is 324 g/mol. The van der Waals surface area contributed by atoms with Gasteiger partial charge in [-0.1, -0.05) is 55.5 Å². The highest BCUT2D eigenvalue weighted by Crippen LogP contribution is 2.07. The first-order chi connectivity index (χ1) is 11.6. The van der Waals surface area contributed by atoms with Gasteiger partial charge in [0, 0.05) is 18.7 Å². The average Bonchev–Trinajstić information content (AvgIpc) is 2.60. The van der Waals surface area contributed by atoms with Crippen LogP contribution in [0.5, 0.6) is 0 Å². The van der Waals surface area contributed by atoms with Crippen molar-refractivity contribution in [3.63, 3.8) is 0 Å². The number of nitrogens with zero attached hydrogens (tertiary/aromatic N) is 1. The van der Waals surface area contributed by atoms with Crippen LogP contribution in [0.3, 0.4) is 0 Å². The van der Waals surface area contributed by atoms with Gasteiger partial charge in [-0.2, -0.15) is 0 Å². The topological polar surface area (TPSA) is 49.4 Å². The summed E-state index contributed by atoms with van der Waals surface area (Å²) < 4.78 is 0. The molecule has 0 radical (unpaired) electrons. The summed E-state index contributed by atoms with van der Waals surface area (Å²) in [5, 5.41) is 2.73. The molecule has 2 rings (SSSR count). The maximum absolute atomic E-state index is 12.5. The van der Waals surface area contributed by atoms with Gasteiger partial charge in [-0.25, -0.2) is 0 Å². The normalized spacial score (nSPS) is 10.2. The first-order valence-electron chi connectivity index (χ1n) is 8.27. The Bertz CT molecular complexity index is 683. The molecule has 4 nitrogen and oxygen atoms in total. The molecule has 2 aromatic rings. The zero-order valence-electron chi connectivity index (χ0n) is 14.3. The number of hydrogen-bond acceptors (Lipinski definition) is 2. The van der Waals surface area contributed by atoms with Crippen molar-refractivity contribution in [3.8, 4) is 0 Å². The molecule has 0 saturated heterocycles. The molecule has 0 spiro atoms. The van der Waals surface area contributed by atoms with Gasteiger partial charge in [-0.15, -0.1) is 0 Å². The molecule has 0 atom stereocenters. The van der Waals surface area contributed by atoms with Crippen molar-refractivity contribution in [2.45, 2.75) is 26.8 Å². The second kappa shape index (κ2) is 8.87. The molecule has 0 heterocycles. The lowest BCUT2D eigenvalue weighted by Gasteiger charge is -2.22. The van der Waals surface area contributed by atoms with E-state index in [1.165, 1.54) is 0 Å². The Morgan fingerprint density at radius 2 is 1.67 bits per heavy atom. The van der Waals surface area contributed by atoms with Gasteiger partial charge in [0.1, 0.15) is 0 Å². The predicted octanol–water partition coefficient (Wildman–Crippen LogP) is 3.16. The lowest BCUT2D eigenvalue weighted by Crippen LogP contribution is -2.40. The Kier molecular flexibility index (Phi) is 6.55. The van der Waals surface area contributed by atoms with Crippen LogP contribution in [0, 0.1) is 6.92 Å².